The molecule has 0 aliphatic rings. The van der Waals surface area contributed by atoms with Gasteiger partial charge in [-0.2, -0.15) is 0 Å². The van der Waals surface area contributed by atoms with Gasteiger partial charge in [0, 0.05) is 6.08 Å². The van der Waals surface area contributed by atoms with Crippen molar-refractivity contribution < 1.29 is 24.2 Å². The van der Waals surface area contributed by atoms with E-state index in [1.165, 1.54) is 0 Å². The Kier molecular flexibility index (Phi) is 4.76. The SMILES string of the molecule is C=CC(=O)OCC(=O)OCO. The van der Waals surface area contributed by atoms with Crippen LogP contribution in [-0.4, -0.2) is 30.4 Å². The summed E-state index contributed by atoms with van der Waals surface area (Å²) in [4.78, 5) is 20.7. The van der Waals surface area contributed by atoms with E-state index in [0.29, 0.717) is 0 Å². The number of carbonyl (C=O) groups excluding carboxylic acids is 2. The number of aliphatic hydroxyl groups excluding tert-OH is 1. The first kappa shape index (κ1) is 9.64. The molecule has 0 spiro atoms. The zero-order valence-corrected chi connectivity index (χ0v) is 5.78. The van der Waals surface area contributed by atoms with Crippen LogP contribution in [0.3, 0.4) is 0 Å². The molecule has 11 heavy (non-hydrogen) atoms. The highest BCUT2D eigenvalue weighted by atomic mass is 16.6. The maximum atomic E-state index is 10.4. The Bertz CT molecular complexity index is 162. The lowest BCUT2D eigenvalue weighted by Gasteiger charge is -1.99. The third kappa shape index (κ3) is 5.10. The number of rotatable bonds is 4. The lowest BCUT2D eigenvalue weighted by atomic mass is 10.6. The minimum Gasteiger partial charge on any atom is -0.451 e. The smallest absolute Gasteiger partial charge is 0.346 e. The maximum Gasteiger partial charge on any atom is 0.346 e. The molecule has 0 saturated heterocycles. The molecule has 0 saturated carbocycles. The molecule has 0 unspecified atom stereocenters. The molecule has 0 fully saturated rings. The van der Waals surface area contributed by atoms with Gasteiger partial charge in [0.15, 0.2) is 13.4 Å². The largest absolute Gasteiger partial charge is 0.451 e. The van der Waals surface area contributed by atoms with Crippen molar-refractivity contribution in [2.24, 2.45) is 0 Å². The molecule has 0 bridgehead atoms. The molecule has 5 heteroatoms. The van der Waals surface area contributed by atoms with Gasteiger partial charge in [-0.3, -0.25) is 0 Å². The van der Waals surface area contributed by atoms with E-state index in [2.05, 4.69) is 16.1 Å². The van der Waals surface area contributed by atoms with E-state index in [1.807, 2.05) is 0 Å². The molecule has 0 aromatic rings. The van der Waals surface area contributed by atoms with Crippen LogP contribution < -0.4 is 0 Å². The number of carbonyl (C=O) groups is 2. The maximum absolute atomic E-state index is 10.4. The third-order valence-electron chi connectivity index (χ3n) is 0.724. The molecule has 0 amide bonds. The Hall–Kier alpha value is -1.36. The summed E-state index contributed by atoms with van der Waals surface area (Å²) < 4.78 is 8.30. The van der Waals surface area contributed by atoms with Gasteiger partial charge < -0.3 is 14.6 Å². The molecule has 62 valence electrons. The fourth-order valence-corrected chi connectivity index (χ4v) is 0.303. The standard InChI is InChI=1S/C6H8O5/c1-2-5(8)10-3-6(9)11-4-7/h2,7H,1,3-4H2. The second-order valence-corrected chi connectivity index (χ2v) is 1.46. The first-order valence-corrected chi connectivity index (χ1v) is 2.76. The predicted molar refractivity (Wildman–Crippen MR) is 34.3 cm³/mol. The summed E-state index contributed by atoms with van der Waals surface area (Å²) in [5.41, 5.74) is 0. The molecular formula is C6H8O5. The average Bonchev–Trinajstić information content (AvgIpc) is 2.01. The lowest BCUT2D eigenvalue weighted by Crippen LogP contribution is -2.15. The summed E-state index contributed by atoms with van der Waals surface area (Å²) in [7, 11) is 0. The minimum atomic E-state index is -0.803. The molecule has 5 nitrogen and oxygen atoms in total. The van der Waals surface area contributed by atoms with Gasteiger partial charge in [-0.25, -0.2) is 9.59 Å². The normalized spacial score (nSPS) is 8.45. The molecule has 1 N–H and O–H groups in total. The molecule has 0 heterocycles. The van der Waals surface area contributed by atoms with Crippen molar-refractivity contribution in [2.75, 3.05) is 13.4 Å². The Morgan fingerprint density at radius 2 is 2.09 bits per heavy atom. The van der Waals surface area contributed by atoms with Gasteiger partial charge in [-0.1, -0.05) is 6.58 Å². The van der Waals surface area contributed by atoms with Crippen LogP contribution in [0.15, 0.2) is 12.7 Å². The van der Waals surface area contributed by atoms with Crippen molar-refractivity contribution in [1.82, 2.24) is 0 Å². The highest BCUT2D eigenvalue weighted by molar-refractivity contribution is 5.83. The minimum absolute atomic E-state index is 0.509. The first-order valence-electron chi connectivity index (χ1n) is 2.76. The quantitative estimate of drug-likeness (QED) is 0.331. The summed E-state index contributed by atoms with van der Waals surface area (Å²) in [6.07, 6.45) is 0.923. The Balaban J connectivity index is 3.45. The van der Waals surface area contributed by atoms with Crippen LogP contribution in [0.1, 0.15) is 0 Å². The van der Waals surface area contributed by atoms with Gasteiger partial charge in [-0.15, -0.1) is 0 Å². The van der Waals surface area contributed by atoms with E-state index in [0.717, 1.165) is 6.08 Å². The third-order valence-corrected chi connectivity index (χ3v) is 0.724. The summed E-state index contributed by atoms with van der Waals surface area (Å²) in [6, 6.07) is 0. The van der Waals surface area contributed by atoms with Gasteiger partial charge in [-0.05, 0) is 0 Å². The van der Waals surface area contributed by atoms with Gasteiger partial charge in [0.1, 0.15) is 0 Å². The predicted octanol–water partition coefficient (Wildman–Crippen LogP) is -0.791. The molecule has 0 rings (SSSR count). The fourth-order valence-electron chi connectivity index (χ4n) is 0.303. The summed E-state index contributed by atoms with van der Waals surface area (Å²) in [5, 5.41) is 8.06. The van der Waals surface area contributed by atoms with Crippen LogP contribution in [-0.2, 0) is 19.1 Å². The monoisotopic (exact) mass is 160 g/mol. The molecule has 0 aliphatic heterocycles. The highest BCUT2D eigenvalue weighted by Gasteiger charge is 2.03. The Morgan fingerprint density at radius 1 is 1.45 bits per heavy atom. The van der Waals surface area contributed by atoms with E-state index < -0.39 is 25.3 Å². The van der Waals surface area contributed by atoms with Crippen LogP contribution >= 0.6 is 0 Å². The van der Waals surface area contributed by atoms with E-state index in [9.17, 15) is 9.59 Å². The van der Waals surface area contributed by atoms with Crippen molar-refractivity contribution in [3.05, 3.63) is 12.7 Å². The number of ether oxygens (including phenoxy) is 2. The zero-order chi connectivity index (χ0) is 8.69. The van der Waals surface area contributed by atoms with Crippen molar-refractivity contribution in [2.45, 2.75) is 0 Å². The van der Waals surface area contributed by atoms with E-state index in [1.54, 1.807) is 0 Å². The van der Waals surface area contributed by atoms with E-state index >= 15 is 0 Å². The second-order valence-electron chi connectivity index (χ2n) is 1.46. The van der Waals surface area contributed by atoms with Crippen LogP contribution in [0.4, 0.5) is 0 Å². The Labute approximate surface area is 63.2 Å². The summed E-state index contributed by atoms with van der Waals surface area (Å²) in [6.45, 7) is 1.88. The molecule has 0 aromatic heterocycles. The molecule has 0 radical (unpaired) electrons. The van der Waals surface area contributed by atoms with Crippen LogP contribution in [0.5, 0.6) is 0 Å². The van der Waals surface area contributed by atoms with Crippen LogP contribution in [0.2, 0.25) is 0 Å². The van der Waals surface area contributed by atoms with Crippen LogP contribution in [0.25, 0.3) is 0 Å². The van der Waals surface area contributed by atoms with Gasteiger partial charge in [0.2, 0.25) is 0 Å². The summed E-state index contributed by atoms with van der Waals surface area (Å²) in [5.74, 6) is -1.51. The van der Waals surface area contributed by atoms with Gasteiger partial charge >= 0.3 is 11.9 Å². The molecule has 0 aliphatic carbocycles. The average molecular weight is 160 g/mol. The molecule has 0 aromatic carbocycles. The van der Waals surface area contributed by atoms with Gasteiger partial charge in [0.05, 0.1) is 0 Å². The zero-order valence-electron chi connectivity index (χ0n) is 5.78. The van der Waals surface area contributed by atoms with Crippen molar-refractivity contribution in [3.63, 3.8) is 0 Å². The second kappa shape index (κ2) is 5.43. The molecule has 0 atom stereocenters. The molecular weight excluding hydrogens is 152 g/mol. The van der Waals surface area contributed by atoms with Crippen molar-refractivity contribution >= 4 is 11.9 Å². The first-order chi connectivity index (χ1) is 5.20. The number of esters is 2. The van der Waals surface area contributed by atoms with Crippen molar-refractivity contribution in [1.29, 1.82) is 0 Å². The number of aliphatic hydroxyl groups is 1. The lowest BCUT2D eigenvalue weighted by molar-refractivity contribution is -0.162. The van der Waals surface area contributed by atoms with E-state index in [4.69, 9.17) is 5.11 Å². The van der Waals surface area contributed by atoms with Crippen molar-refractivity contribution in [3.8, 4) is 0 Å². The van der Waals surface area contributed by atoms with Gasteiger partial charge in [0.25, 0.3) is 0 Å². The summed E-state index contributed by atoms with van der Waals surface area (Å²) >= 11 is 0. The van der Waals surface area contributed by atoms with Crippen LogP contribution in [0, 0.1) is 0 Å². The number of hydrogen-bond acceptors (Lipinski definition) is 5. The fraction of sp³-hybridized carbons (Fsp3) is 0.333. The van der Waals surface area contributed by atoms with E-state index in [-0.39, 0.29) is 0 Å². The number of hydrogen-bond donors (Lipinski definition) is 1. The Morgan fingerprint density at radius 3 is 2.55 bits per heavy atom. The highest BCUT2D eigenvalue weighted by Crippen LogP contribution is 1.82. The topological polar surface area (TPSA) is 72.8 Å².